The second kappa shape index (κ2) is 9.23. The first-order valence-corrected chi connectivity index (χ1v) is 9.95. The first-order chi connectivity index (χ1) is 7.95. The molecule has 0 unspecified atom stereocenters. The van der Waals surface area contributed by atoms with Crippen molar-refractivity contribution in [2.75, 3.05) is 0 Å². The van der Waals surface area contributed by atoms with Gasteiger partial charge in [-0.2, -0.15) is 5.26 Å². The van der Waals surface area contributed by atoms with E-state index in [1.165, 1.54) is 25.7 Å². The van der Waals surface area contributed by atoms with Crippen LogP contribution in [0.3, 0.4) is 0 Å². The molecule has 0 radical (unpaired) electrons. The van der Waals surface area contributed by atoms with Crippen LogP contribution in [0.15, 0.2) is 5.16 Å². The molecule has 0 aromatic carbocycles. The van der Waals surface area contributed by atoms with Crippen LogP contribution in [0, 0.1) is 11.3 Å². The van der Waals surface area contributed by atoms with E-state index in [-0.39, 0.29) is 0 Å². The topological polar surface area (TPSA) is 45.4 Å². The molecule has 0 aliphatic carbocycles. The molecule has 0 bridgehead atoms. The Morgan fingerprint density at radius 3 is 2.29 bits per heavy atom. The van der Waals surface area contributed by atoms with Crippen LogP contribution in [-0.4, -0.2) is 14.0 Å². The molecular weight excluding hydrogens is 228 g/mol. The van der Waals surface area contributed by atoms with E-state index >= 15 is 0 Å². The predicted molar refractivity (Wildman–Crippen MR) is 75.5 cm³/mol. The smallest absolute Gasteiger partial charge is 0.278 e. The van der Waals surface area contributed by atoms with Gasteiger partial charge in [0.25, 0.3) is 8.32 Å². The number of rotatable bonds is 9. The largest absolute Gasteiger partial charge is 0.456 e. The maximum Gasteiger partial charge on any atom is 0.278 e. The van der Waals surface area contributed by atoms with Crippen molar-refractivity contribution >= 4 is 14.0 Å². The maximum atomic E-state index is 8.39. The number of oxime groups is 1. The minimum atomic E-state index is -1.51. The average Bonchev–Trinajstić information content (AvgIpc) is 2.24. The van der Waals surface area contributed by atoms with Gasteiger partial charge < -0.3 is 4.53 Å². The third-order valence-electron chi connectivity index (χ3n) is 2.30. The summed E-state index contributed by atoms with van der Waals surface area (Å²) in [7, 11) is -1.51. The van der Waals surface area contributed by atoms with E-state index in [9.17, 15) is 0 Å². The summed E-state index contributed by atoms with van der Waals surface area (Å²) in [5.74, 6) is 0. The van der Waals surface area contributed by atoms with Crippen LogP contribution in [0.2, 0.25) is 19.6 Å². The Balaban J connectivity index is 3.45. The molecular formula is C13H26N2OSi. The summed E-state index contributed by atoms with van der Waals surface area (Å²) in [5, 5.41) is 12.6. The summed E-state index contributed by atoms with van der Waals surface area (Å²) in [5.41, 5.74) is 1.10. The van der Waals surface area contributed by atoms with E-state index in [0.29, 0.717) is 6.42 Å². The first-order valence-electron chi connectivity index (χ1n) is 6.54. The van der Waals surface area contributed by atoms with Gasteiger partial charge in [-0.1, -0.05) is 19.3 Å². The van der Waals surface area contributed by atoms with E-state index in [2.05, 4.69) is 30.9 Å². The summed E-state index contributed by atoms with van der Waals surface area (Å²) in [6.07, 6.45) is 7.58. The third kappa shape index (κ3) is 13.1. The van der Waals surface area contributed by atoms with Gasteiger partial charge in [0, 0.05) is 6.42 Å². The second-order valence-electron chi connectivity index (χ2n) is 5.46. The molecule has 0 rings (SSSR count). The van der Waals surface area contributed by atoms with Crippen molar-refractivity contribution in [3.05, 3.63) is 0 Å². The SMILES string of the molecule is C/C(CCCCCCCC#N)=N\O[Si](C)(C)C. The van der Waals surface area contributed by atoms with Crippen LogP contribution in [0.4, 0.5) is 0 Å². The average molecular weight is 254 g/mol. The van der Waals surface area contributed by atoms with Gasteiger partial charge in [0.15, 0.2) is 0 Å². The molecule has 0 aliphatic heterocycles. The molecule has 0 spiro atoms. The fourth-order valence-corrected chi connectivity index (χ4v) is 1.81. The highest BCUT2D eigenvalue weighted by molar-refractivity contribution is 6.69. The van der Waals surface area contributed by atoms with Gasteiger partial charge in [0.05, 0.1) is 11.8 Å². The molecule has 0 aliphatic rings. The van der Waals surface area contributed by atoms with E-state index in [0.717, 1.165) is 18.6 Å². The third-order valence-corrected chi connectivity index (χ3v) is 2.94. The summed E-state index contributed by atoms with van der Waals surface area (Å²) >= 11 is 0. The van der Waals surface area contributed by atoms with E-state index < -0.39 is 8.32 Å². The van der Waals surface area contributed by atoms with Crippen LogP contribution < -0.4 is 0 Å². The fourth-order valence-electron chi connectivity index (χ4n) is 1.38. The molecule has 0 aromatic rings. The summed E-state index contributed by atoms with van der Waals surface area (Å²) in [6, 6.07) is 2.18. The lowest BCUT2D eigenvalue weighted by molar-refractivity contribution is 0.333. The highest BCUT2D eigenvalue weighted by Crippen LogP contribution is 2.09. The Hall–Kier alpha value is -0.823. The molecule has 98 valence electrons. The van der Waals surface area contributed by atoms with Gasteiger partial charge in [0.1, 0.15) is 0 Å². The Kier molecular flexibility index (Phi) is 8.79. The normalized spacial score (nSPS) is 12.3. The van der Waals surface area contributed by atoms with E-state index in [1.807, 2.05) is 6.92 Å². The summed E-state index contributed by atoms with van der Waals surface area (Å²) in [4.78, 5) is 0. The van der Waals surface area contributed by atoms with E-state index in [4.69, 9.17) is 9.79 Å². The van der Waals surface area contributed by atoms with Gasteiger partial charge in [-0.05, 0) is 45.8 Å². The van der Waals surface area contributed by atoms with Crippen LogP contribution in [0.1, 0.15) is 51.9 Å². The molecule has 0 heterocycles. The van der Waals surface area contributed by atoms with Crippen molar-refractivity contribution in [2.24, 2.45) is 5.16 Å². The van der Waals surface area contributed by atoms with Crippen molar-refractivity contribution < 1.29 is 4.53 Å². The lowest BCUT2D eigenvalue weighted by Gasteiger charge is -2.13. The van der Waals surface area contributed by atoms with Gasteiger partial charge in [0.2, 0.25) is 0 Å². The highest BCUT2D eigenvalue weighted by atomic mass is 28.4. The van der Waals surface area contributed by atoms with Crippen molar-refractivity contribution in [3.8, 4) is 6.07 Å². The summed E-state index contributed by atoms with van der Waals surface area (Å²) in [6.45, 7) is 8.45. The molecule has 0 atom stereocenters. The standard InChI is InChI=1S/C13H26N2OSi/c1-13(15-16-17(2,3)4)11-9-7-5-6-8-10-12-14/h5-11H2,1-4H3/b15-13+. The molecule has 4 heteroatoms. The molecule has 0 saturated carbocycles. The summed E-state index contributed by atoms with van der Waals surface area (Å²) < 4.78 is 5.49. The van der Waals surface area contributed by atoms with Crippen LogP contribution >= 0.6 is 0 Å². The van der Waals surface area contributed by atoms with Gasteiger partial charge in [-0.3, -0.25) is 0 Å². The molecule has 3 nitrogen and oxygen atoms in total. The number of hydrogen-bond acceptors (Lipinski definition) is 3. The van der Waals surface area contributed by atoms with Gasteiger partial charge in [-0.25, -0.2) is 0 Å². The van der Waals surface area contributed by atoms with Crippen molar-refractivity contribution in [1.29, 1.82) is 5.26 Å². The van der Waals surface area contributed by atoms with Crippen molar-refractivity contribution in [2.45, 2.75) is 71.5 Å². The Morgan fingerprint density at radius 1 is 1.12 bits per heavy atom. The molecule has 0 fully saturated rings. The molecule has 17 heavy (non-hydrogen) atoms. The predicted octanol–water partition coefficient (Wildman–Crippen LogP) is 4.47. The van der Waals surface area contributed by atoms with Crippen LogP contribution in [0.25, 0.3) is 0 Å². The first kappa shape index (κ1) is 16.2. The zero-order valence-corrected chi connectivity index (χ0v) is 12.8. The van der Waals surface area contributed by atoms with Crippen LogP contribution in [0.5, 0.6) is 0 Å². The lowest BCUT2D eigenvalue weighted by Crippen LogP contribution is -2.22. The van der Waals surface area contributed by atoms with E-state index in [1.54, 1.807) is 0 Å². The second-order valence-corrected chi connectivity index (χ2v) is 9.86. The minimum absolute atomic E-state index is 0.699. The molecule has 0 aromatic heterocycles. The zero-order valence-electron chi connectivity index (χ0n) is 11.8. The number of nitrogens with zero attached hydrogens (tertiary/aromatic N) is 2. The van der Waals surface area contributed by atoms with Crippen LogP contribution in [-0.2, 0) is 4.53 Å². The number of hydrogen-bond donors (Lipinski definition) is 0. The van der Waals surface area contributed by atoms with Gasteiger partial charge in [-0.15, -0.1) is 5.16 Å². The Labute approximate surface area is 107 Å². The Morgan fingerprint density at radius 2 is 1.71 bits per heavy atom. The fraction of sp³-hybridized carbons (Fsp3) is 0.846. The minimum Gasteiger partial charge on any atom is -0.456 e. The Bertz CT molecular complexity index is 264. The molecule has 0 saturated heterocycles. The maximum absolute atomic E-state index is 8.39. The highest BCUT2D eigenvalue weighted by Gasteiger charge is 2.15. The quantitative estimate of drug-likeness (QED) is 0.264. The monoisotopic (exact) mass is 254 g/mol. The lowest BCUT2D eigenvalue weighted by atomic mass is 10.1. The van der Waals surface area contributed by atoms with Gasteiger partial charge >= 0.3 is 0 Å². The number of unbranched alkanes of at least 4 members (excludes halogenated alkanes) is 5. The zero-order chi connectivity index (χ0) is 13.1. The van der Waals surface area contributed by atoms with Crippen molar-refractivity contribution in [1.82, 2.24) is 0 Å². The number of nitriles is 1. The molecule has 0 N–H and O–H groups in total. The molecule has 0 amide bonds. The van der Waals surface area contributed by atoms with Crippen molar-refractivity contribution in [3.63, 3.8) is 0 Å².